The van der Waals surface area contributed by atoms with Crippen LogP contribution in [0.4, 0.5) is 0 Å². The summed E-state index contributed by atoms with van der Waals surface area (Å²) < 4.78 is 3.98. The first kappa shape index (κ1) is 12.3. The van der Waals surface area contributed by atoms with Crippen molar-refractivity contribution in [2.75, 3.05) is 0 Å². The quantitative estimate of drug-likeness (QED) is 0.784. The highest BCUT2D eigenvalue weighted by Gasteiger charge is 2.18. The first-order valence-electron chi connectivity index (χ1n) is 5.30. The Kier molecular flexibility index (Phi) is 4.42. The second-order valence-corrected chi connectivity index (χ2v) is 4.88. The number of aromatic nitrogens is 2. The van der Waals surface area contributed by atoms with Crippen LogP contribution in [0.5, 0.6) is 0 Å². The summed E-state index contributed by atoms with van der Waals surface area (Å²) in [6.45, 7) is 10.3. The molecule has 2 N–H and O–H groups in total. The fourth-order valence-corrected chi connectivity index (χ4v) is 2.22. The molecule has 0 radical (unpaired) electrons. The van der Waals surface area contributed by atoms with E-state index in [0.29, 0.717) is 5.92 Å². The van der Waals surface area contributed by atoms with Gasteiger partial charge in [0.15, 0.2) is 0 Å². The van der Waals surface area contributed by atoms with Gasteiger partial charge in [-0.3, -0.25) is 0 Å². The summed E-state index contributed by atoms with van der Waals surface area (Å²) in [7, 11) is 0. The number of nitrogens with zero attached hydrogens (tertiary/aromatic N) is 2. The average Bonchev–Trinajstić information content (AvgIpc) is 2.65. The summed E-state index contributed by atoms with van der Waals surface area (Å²) in [6.07, 6.45) is 1.82. The highest BCUT2D eigenvalue weighted by atomic mass is 32.1. The predicted molar refractivity (Wildman–Crippen MR) is 65.0 cm³/mol. The van der Waals surface area contributed by atoms with Crippen molar-refractivity contribution in [2.45, 2.75) is 45.6 Å². The zero-order valence-corrected chi connectivity index (χ0v) is 10.5. The maximum atomic E-state index is 6.12. The molecule has 0 aliphatic rings. The van der Waals surface area contributed by atoms with E-state index in [1.54, 1.807) is 0 Å². The Morgan fingerprint density at radius 1 is 1.53 bits per heavy atom. The third-order valence-corrected chi connectivity index (χ3v) is 3.30. The molecule has 1 aromatic rings. The van der Waals surface area contributed by atoms with Crippen LogP contribution < -0.4 is 5.73 Å². The zero-order valence-electron chi connectivity index (χ0n) is 9.66. The van der Waals surface area contributed by atoms with Gasteiger partial charge in [-0.2, -0.15) is 0 Å². The largest absolute Gasteiger partial charge is 0.323 e. The summed E-state index contributed by atoms with van der Waals surface area (Å²) in [4.78, 5) is 1.11. The van der Waals surface area contributed by atoms with Crippen molar-refractivity contribution >= 4 is 11.5 Å². The van der Waals surface area contributed by atoms with Gasteiger partial charge in [-0.05, 0) is 30.3 Å². The lowest BCUT2D eigenvalue weighted by Crippen LogP contribution is -2.12. The van der Waals surface area contributed by atoms with E-state index in [1.165, 1.54) is 17.1 Å². The summed E-state index contributed by atoms with van der Waals surface area (Å²) in [5.41, 5.74) is 8.35. The fraction of sp³-hybridized carbons (Fsp3) is 0.636. The summed E-state index contributed by atoms with van der Waals surface area (Å²) in [5, 5.41) is 4.13. The van der Waals surface area contributed by atoms with Gasteiger partial charge in [0, 0.05) is 6.04 Å². The molecule has 1 heterocycles. The van der Waals surface area contributed by atoms with Gasteiger partial charge < -0.3 is 5.73 Å². The van der Waals surface area contributed by atoms with Crippen molar-refractivity contribution < 1.29 is 0 Å². The molecule has 0 spiro atoms. The minimum Gasteiger partial charge on any atom is -0.323 e. The minimum absolute atomic E-state index is 0.00912. The number of rotatable bonds is 5. The summed E-state index contributed by atoms with van der Waals surface area (Å²) >= 11 is 1.41. The van der Waals surface area contributed by atoms with Crippen molar-refractivity contribution in [3.63, 3.8) is 0 Å². The van der Waals surface area contributed by atoms with E-state index in [4.69, 9.17) is 5.73 Å². The number of hydrogen-bond donors (Lipinski definition) is 1. The Hall–Kier alpha value is -0.740. The molecule has 84 valence electrons. The average molecular weight is 225 g/mol. The van der Waals surface area contributed by atoms with Crippen molar-refractivity contribution in [3.8, 4) is 0 Å². The molecule has 1 aromatic heterocycles. The molecule has 0 aromatic carbocycles. The highest BCUT2D eigenvalue weighted by molar-refractivity contribution is 7.05. The SMILES string of the molecule is C=C(CC)CC(N)c1snnc1C(C)C. The second-order valence-electron chi connectivity index (χ2n) is 4.09. The zero-order chi connectivity index (χ0) is 11.4. The molecule has 3 nitrogen and oxygen atoms in total. The van der Waals surface area contributed by atoms with Gasteiger partial charge in [0.25, 0.3) is 0 Å². The predicted octanol–water partition coefficient (Wildman–Crippen LogP) is 3.02. The van der Waals surface area contributed by atoms with E-state index in [9.17, 15) is 0 Å². The van der Waals surface area contributed by atoms with E-state index in [2.05, 4.69) is 36.9 Å². The molecule has 1 unspecified atom stereocenters. The maximum Gasteiger partial charge on any atom is 0.0829 e. The topological polar surface area (TPSA) is 51.8 Å². The molecule has 0 fully saturated rings. The van der Waals surface area contributed by atoms with Crippen LogP contribution in [0.25, 0.3) is 0 Å². The van der Waals surface area contributed by atoms with Gasteiger partial charge in [-0.15, -0.1) is 5.10 Å². The third-order valence-electron chi connectivity index (χ3n) is 2.43. The van der Waals surface area contributed by atoms with E-state index in [1.807, 2.05) is 0 Å². The lowest BCUT2D eigenvalue weighted by Gasteiger charge is -2.12. The molecule has 0 saturated carbocycles. The molecule has 0 aliphatic carbocycles. The Balaban J connectivity index is 2.77. The smallest absolute Gasteiger partial charge is 0.0829 e. The van der Waals surface area contributed by atoms with Gasteiger partial charge >= 0.3 is 0 Å². The Morgan fingerprint density at radius 2 is 2.20 bits per heavy atom. The van der Waals surface area contributed by atoms with Crippen LogP contribution in [0, 0.1) is 0 Å². The highest BCUT2D eigenvalue weighted by Crippen LogP contribution is 2.28. The number of nitrogens with two attached hydrogens (primary N) is 1. The Labute approximate surface area is 95.6 Å². The molecule has 0 aliphatic heterocycles. The van der Waals surface area contributed by atoms with Gasteiger partial charge in [0.2, 0.25) is 0 Å². The molecule has 15 heavy (non-hydrogen) atoms. The van der Waals surface area contributed by atoms with Gasteiger partial charge in [0.1, 0.15) is 0 Å². The van der Waals surface area contributed by atoms with Gasteiger partial charge in [-0.1, -0.05) is 37.4 Å². The molecular formula is C11H19N3S. The normalized spacial score (nSPS) is 13.1. The lowest BCUT2D eigenvalue weighted by molar-refractivity contribution is 0.686. The minimum atomic E-state index is 0.00912. The lowest BCUT2D eigenvalue weighted by atomic mass is 10.0. The molecule has 1 atom stereocenters. The molecule has 4 heteroatoms. The number of hydrogen-bond acceptors (Lipinski definition) is 4. The standard InChI is InChI=1S/C11H19N3S/c1-5-8(4)6-9(12)11-10(7(2)3)13-14-15-11/h7,9H,4-6,12H2,1-3H3. The molecule has 1 rings (SSSR count). The van der Waals surface area contributed by atoms with E-state index < -0.39 is 0 Å². The maximum absolute atomic E-state index is 6.12. The van der Waals surface area contributed by atoms with Crippen LogP contribution >= 0.6 is 11.5 Å². The van der Waals surface area contributed by atoms with E-state index in [-0.39, 0.29) is 6.04 Å². The van der Waals surface area contributed by atoms with E-state index >= 15 is 0 Å². The first-order chi connectivity index (χ1) is 7.06. The van der Waals surface area contributed by atoms with Crippen LogP contribution in [0.1, 0.15) is 56.1 Å². The van der Waals surface area contributed by atoms with Crippen LogP contribution in [-0.4, -0.2) is 9.59 Å². The van der Waals surface area contributed by atoms with Crippen LogP contribution in [0.15, 0.2) is 12.2 Å². The fourth-order valence-electron chi connectivity index (χ4n) is 1.41. The molecule has 0 bridgehead atoms. The third kappa shape index (κ3) is 3.11. The van der Waals surface area contributed by atoms with Crippen LogP contribution in [0.2, 0.25) is 0 Å². The van der Waals surface area contributed by atoms with Crippen molar-refractivity contribution in [2.24, 2.45) is 5.73 Å². The molecule has 0 saturated heterocycles. The molecule has 0 amide bonds. The Morgan fingerprint density at radius 3 is 2.73 bits per heavy atom. The van der Waals surface area contributed by atoms with Crippen LogP contribution in [-0.2, 0) is 0 Å². The van der Waals surface area contributed by atoms with Gasteiger partial charge in [-0.25, -0.2) is 0 Å². The van der Waals surface area contributed by atoms with Crippen molar-refractivity contribution in [3.05, 3.63) is 22.7 Å². The first-order valence-corrected chi connectivity index (χ1v) is 6.08. The van der Waals surface area contributed by atoms with Crippen LogP contribution in [0.3, 0.4) is 0 Å². The van der Waals surface area contributed by atoms with Crippen molar-refractivity contribution in [1.82, 2.24) is 9.59 Å². The van der Waals surface area contributed by atoms with Crippen molar-refractivity contribution in [1.29, 1.82) is 0 Å². The van der Waals surface area contributed by atoms with E-state index in [0.717, 1.165) is 23.4 Å². The summed E-state index contributed by atoms with van der Waals surface area (Å²) in [6, 6.07) is 0.00912. The summed E-state index contributed by atoms with van der Waals surface area (Å²) in [5.74, 6) is 0.389. The monoisotopic (exact) mass is 225 g/mol. The van der Waals surface area contributed by atoms with Gasteiger partial charge in [0.05, 0.1) is 10.6 Å². The molecular weight excluding hydrogens is 206 g/mol. The second kappa shape index (κ2) is 5.37. The Bertz CT molecular complexity index is 330.